The van der Waals surface area contributed by atoms with Crippen LogP contribution < -0.4 is 5.73 Å². The molecule has 1 aliphatic carbocycles. The SMILES string of the molecule is CC1CC1CN(C)CCC(=O)N(C)CCCN. The van der Waals surface area contributed by atoms with Crippen LogP contribution in [0.1, 0.15) is 26.2 Å². The Kier molecular flexibility index (Phi) is 5.92. The average Bonchev–Trinajstić information content (AvgIpc) is 2.98. The molecule has 4 nitrogen and oxygen atoms in total. The van der Waals surface area contributed by atoms with E-state index in [-0.39, 0.29) is 5.91 Å². The molecule has 17 heavy (non-hydrogen) atoms. The predicted molar refractivity (Wildman–Crippen MR) is 70.7 cm³/mol. The molecule has 4 heteroatoms. The molecule has 0 aromatic rings. The van der Waals surface area contributed by atoms with Gasteiger partial charge < -0.3 is 15.5 Å². The summed E-state index contributed by atoms with van der Waals surface area (Å²) in [7, 11) is 3.97. The third-order valence-corrected chi connectivity index (χ3v) is 3.65. The molecule has 0 aromatic carbocycles. The van der Waals surface area contributed by atoms with Crippen molar-refractivity contribution in [2.75, 3.05) is 40.3 Å². The molecule has 0 aliphatic heterocycles. The van der Waals surface area contributed by atoms with Gasteiger partial charge in [-0.25, -0.2) is 0 Å². The van der Waals surface area contributed by atoms with Crippen LogP contribution in [0.3, 0.4) is 0 Å². The Morgan fingerprint density at radius 1 is 1.35 bits per heavy atom. The van der Waals surface area contributed by atoms with E-state index in [1.165, 1.54) is 6.42 Å². The standard InChI is InChI=1S/C13H27N3O/c1-11-9-12(11)10-15(2)8-5-13(17)16(3)7-4-6-14/h11-12H,4-10,14H2,1-3H3. The molecule has 1 saturated carbocycles. The number of nitrogens with two attached hydrogens (primary N) is 1. The molecule has 1 fully saturated rings. The second-order valence-electron chi connectivity index (χ2n) is 5.44. The van der Waals surface area contributed by atoms with Crippen LogP contribution >= 0.6 is 0 Å². The molecular weight excluding hydrogens is 214 g/mol. The first-order chi connectivity index (χ1) is 8.04. The van der Waals surface area contributed by atoms with E-state index >= 15 is 0 Å². The number of amides is 1. The highest BCUT2D eigenvalue weighted by atomic mass is 16.2. The van der Waals surface area contributed by atoms with E-state index in [1.54, 1.807) is 4.90 Å². The van der Waals surface area contributed by atoms with Crippen LogP contribution in [-0.2, 0) is 4.79 Å². The molecule has 0 aromatic heterocycles. The van der Waals surface area contributed by atoms with E-state index in [0.29, 0.717) is 13.0 Å². The summed E-state index contributed by atoms with van der Waals surface area (Å²) in [5.74, 6) is 1.99. The van der Waals surface area contributed by atoms with Crippen molar-refractivity contribution < 1.29 is 4.79 Å². The smallest absolute Gasteiger partial charge is 0.223 e. The number of hydrogen-bond acceptors (Lipinski definition) is 3. The lowest BCUT2D eigenvalue weighted by atomic mass is 10.3. The number of rotatable bonds is 8. The minimum absolute atomic E-state index is 0.231. The summed E-state index contributed by atoms with van der Waals surface area (Å²) in [5, 5.41) is 0. The summed E-state index contributed by atoms with van der Waals surface area (Å²) in [6, 6.07) is 0. The van der Waals surface area contributed by atoms with Gasteiger partial charge in [0.15, 0.2) is 0 Å². The van der Waals surface area contributed by atoms with Crippen molar-refractivity contribution in [3.63, 3.8) is 0 Å². The van der Waals surface area contributed by atoms with Crippen molar-refractivity contribution in [2.24, 2.45) is 17.6 Å². The molecule has 0 bridgehead atoms. The number of carbonyl (C=O) groups is 1. The van der Waals surface area contributed by atoms with Crippen molar-refractivity contribution >= 4 is 5.91 Å². The second-order valence-corrected chi connectivity index (χ2v) is 5.44. The lowest BCUT2D eigenvalue weighted by Crippen LogP contribution is -2.32. The van der Waals surface area contributed by atoms with Gasteiger partial charge in [-0.05, 0) is 38.3 Å². The topological polar surface area (TPSA) is 49.6 Å². The first-order valence-electron chi connectivity index (χ1n) is 6.67. The summed E-state index contributed by atoms with van der Waals surface area (Å²) in [6.45, 7) is 5.73. The van der Waals surface area contributed by atoms with Crippen LogP contribution in [0.4, 0.5) is 0 Å². The Hall–Kier alpha value is -0.610. The Balaban J connectivity index is 2.09. The molecular formula is C13H27N3O. The zero-order valence-electron chi connectivity index (χ0n) is 11.5. The van der Waals surface area contributed by atoms with Crippen LogP contribution in [0.5, 0.6) is 0 Å². The minimum atomic E-state index is 0.231. The van der Waals surface area contributed by atoms with E-state index < -0.39 is 0 Å². The Morgan fingerprint density at radius 3 is 2.53 bits per heavy atom. The van der Waals surface area contributed by atoms with Crippen molar-refractivity contribution in [1.29, 1.82) is 0 Å². The fourth-order valence-electron chi connectivity index (χ4n) is 2.08. The molecule has 2 atom stereocenters. The first kappa shape index (κ1) is 14.5. The third-order valence-electron chi connectivity index (χ3n) is 3.65. The molecule has 2 unspecified atom stereocenters. The fourth-order valence-corrected chi connectivity index (χ4v) is 2.08. The van der Waals surface area contributed by atoms with Crippen LogP contribution in [0.15, 0.2) is 0 Å². The van der Waals surface area contributed by atoms with E-state index in [9.17, 15) is 4.79 Å². The van der Waals surface area contributed by atoms with E-state index in [2.05, 4.69) is 18.9 Å². The lowest BCUT2D eigenvalue weighted by molar-refractivity contribution is -0.130. The van der Waals surface area contributed by atoms with Gasteiger partial charge in [-0.2, -0.15) is 0 Å². The van der Waals surface area contributed by atoms with Gasteiger partial charge in [-0.3, -0.25) is 4.79 Å². The highest BCUT2D eigenvalue weighted by Crippen LogP contribution is 2.37. The molecule has 100 valence electrons. The van der Waals surface area contributed by atoms with E-state index in [0.717, 1.165) is 37.9 Å². The Bertz CT molecular complexity index is 245. The van der Waals surface area contributed by atoms with Gasteiger partial charge >= 0.3 is 0 Å². The normalized spacial score (nSPS) is 22.9. The van der Waals surface area contributed by atoms with Gasteiger partial charge in [0.05, 0.1) is 0 Å². The first-order valence-corrected chi connectivity index (χ1v) is 6.67. The quantitative estimate of drug-likeness (QED) is 0.683. The molecule has 0 spiro atoms. The summed E-state index contributed by atoms with van der Waals surface area (Å²) in [5.41, 5.74) is 5.43. The summed E-state index contributed by atoms with van der Waals surface area (Å²) >= 11 is 0. The largest absolute Gasteiger partial charge is 0.346 e. The van der Waals surface area contributed by atoms with E-state index in [1.807, 2.05) is 7.05 Å². The van der Waals surface area contributed by atoms with Crippen LogP contribution in [-0.4, -0.2) is 56.0 Å². The fraction of sp³-hybridized carbons (Fsp3) is 0.923. The maximum atomic E-state index is 11.8. The van der Waals surface area contributed by atoms with Gasteiger partial charge in [-0.15, -0.1) is 0 Å². The molecule has 2 N–H and O–H groups in total. The van der Waals surface area contributed by atoms with Gasteiger partial charge in [-0.1, -0.05) is 6.92 Å². The third kappa shape index (κ3) is 5.50. The summed E-state index contributed by atoms with van der Waals surface area (Å²) in [6.07, 6.45) is 2.87. The molecule has 0 heterocycles. The highest BCUT2D eigenvalue weighted by molar-refractivity contribution is 5.76. The van der Waals surface area contributed by atoms with Crippen molar-refractivity contribution in [3.8, 4) is 0 Å². The summed E-state index contributed by atoms with van der Waals surface area (Å²) < 4.78 is 0. The van der Waals surface area contributed by atoms with Gasteiger partial charge in [0, 0.05) is 33.1 Å². The number of hydrogen-bond donors (Lipinski definition) is 1. The van der Waals surface area contributed by atoms with Crippen LogP contribution in [0.2, 0.25) is 0 Å². The minimum Gasteiger partial charge on any atom is -0.346 e. The molecule has 0 saturated heterocycles. The van der Waals surface area contributed by atoms with Gasteiger partial charge in [0.25, 0.3) is 0 Å². The van der Waals surface area contributed by atoms with Crippen molar-refractivity contribution in [3.05, 3.63) is 0 Å². The van der Waals surface area contributed by atoms with Crippen molar-refractivity contribution in [2.45, 2.75) is 26.2 Å². The number of carbonyl (C=O) groups excluding carboxylic acids is 1. The zero-order valence-corrected chi connectivity index (χ0v) is 11.5. The highest BCUT2D eigenvalue weighted by Gasteiger charge is 2.32. The van der Waals surface area contributed by atoms with Gasteiger partial charge in [0.1, 0.15) is 0 Å². The predicted octanol–water partition coefficient (Wildman–Crippen LogP) is 0.772. The monoisotopic (exact) mass is 241 g/mol. The molecule has 1 amide bonds. The molecule has 0 radical (unpaired) electrons. The number of nitrogens with zero attached hydrogens (tertiary/aromatic N) is 2. The second kappa shape index (κ2) is 6.97. The Labute approximate surface area is 105 Å². The van der Waals surface area contributed by atoms with Crippen LogP contribution in [0, 0.1) is 11.8 Å². The Morgan fingerprint density at radius 2 is 2.00 bits per heavy atom. The lowest BCUT2D eigenvalue weighted by Gasteiger charge is -2.20. The average molecular weight is 241 g/mol. The maximum absolute atomic E-state index is 11.8. The van der Waals surface area contributed by atoms with E-state index in [4.69, 9.17) is 5.73 Å². The van der Waals surface area contributed by atoms with Crippen molar-refractivity contribution in [1.82, 2.24) is 9.80 Å². The van der Waals surface area contributed by atoms with Crippen LogP contribution in [0.25, 0.3) is 0 Å². The maximum Gasteiger partial charge on any atom is 0.223 e. The summed E-state index contributed by atoms with van der Waals surface area (Å²) in [4.78, 5) is 15.9. The van der Waals surface area contributed by atoms with Gasteiger partial charge in [0.2, 0.25) is 5.91 Å². The molecule has 1 rings (SSSR count). The molecule has 1 aliphatic rings. The zero-order chi connectivity index (χ0) is 12.8.